The molecule has 3 aromatic heterocycles. The number of carbonyl (C=O) groups is 2. The van der Waals surface area contributed by atoms with Gasteiger partial charge in [-0.05, 0) is 50.6 Å². The number of nitrogens with one attached hydrogen (secondary N) is 1. The Labute approximate surface area is 194 Å². The van der Waals surface area contributed by atoms with Crippen molar-refractivity contribution in [2.75, 3.05) is 12.4 Å². The van der Waals surface area contributed by atoms with Crippen LogP contribution in [-0.4, -0.2) is 43.5 Å². The molecule has 0 spiro atoms. The average Bonchev–Trinajstić information content (AvgIpc) is 3.35. The number of ketones is 1. The molecule has 0 aliphatic rings. The summed E-state index contributed by atoms with van der Waals surface area (Å²) in [4.78, 5) is 38.2. The Morgan fingerprint density at radius 2 is 1.76 bits per heavy atom. The van der Waals surface area contributed by atoms with E-state index in [0.717, 1.165) is 27.6 Å². The number of aryl methyl sites for hydroxylation is 1. The van der Waals surface area contributed by atoms with Crippen LogP contribution in [0.2, 0.25) is 0 Å². The first-order valence-electron chi connectivity index (χ1n) is 10.7. The van der Waals surface area contributed by atoms with E-state index >= 15 is 0 Å². The average molecular weight is 459 g/mol. The highest BCUT2D eigenvalue weighted by Gasteiger charge is 2.23. The number of aromatic amines is 1. The zero-order valence-electron chi connectivity index (χ0n) is 18.5. The van der Waals surface area contributed by atoms with Gasteiger partial charge in [0.1, 0.15) is 5.65 Å². The number of H-pyrrole nitrogens is 1. The number of aromatic nitrogens is 4. The van der Waals surface area contributed by atoms with Crippen LogP contribution in [0.25, 0.3) is 27.6 Å². The molecular formula is C25H22N4O3S. The minimum Gasteiger partial charge on any atom is -0.462 e. The number of esters is 1. The molecule has 3 heterocycles. The highest BCUT2D eigenvalue weighted by Crippen LogP contribution is 2.30. The van der Waals surface area contributed by atoms with Crippen LogP contribution < -0.4 is 0 Å². The predicted molar refractivity (Wildman–Crippen MR) is 129 cm³/mol. The van der Waals surface area contributed by atoms with Crippen molar-refractivity contribution in [3.63, 3.8) is 0 Å². The van der Waals surface area contributed by atoms with Gasteiger partial charge < -0.3 is 9.72 Å². The van der Waals surface area contributed by atoms with Gasteiger partial charge in [-0.15, -0.1) is 0 Å². The van der Waals surface area contributed by atoms with Crippen LogP contribution in [-0.2, 0) is 4.74 Å². The van der Waals surface area contributed by atoms with Crippen LogP contribution in [0.15, 0.2) is 53.7 Å². The maximum Gasteiger partial charge on any atom is 0.340 e. The van der Waals surface area contributed by atoms with Crippen LogP contribution in [0.5, 0.6) is 0 Å². The van der Waals surface area contributed by atoms with Crippen molar-refractivity contribution >= 4 is 51.1 Å². The molecule has 33 heavy (non-hydrogen) atoms. The molecule has 166 valence electrons. The molecule has 0 amide bonds. The number of Topliss-reactive ketones (excluding diaryl/α,β-unsaturated/α-hetero) is 1. The van der Waals surface area contributed by atoms with Crippen molar-refractivity contribution in [2.24, 2.45) is 0 Å². The fourth-order valence-corrected chi connectivity index (χ4v) is 5.03. The fraction of sp³-hybridized carbons (Fsp3) is 0.200. The number of para-hydroxylation sites is 3. The summed E-state index contributed by atoms with van der Waals surface area (Å²) in [6.07, 6.45) is 0. The van der Waals surface area contributed by atoms with Crippen LogP contribution >= 0.6 is 11.8 Å². The van der Waals surface area contributed by atoms with Gasteiger partial charge in [-0.25, -0.2) is 14.8 Å². The molecule has 0 radical (unpaired) electrons. The lowest BCUT2D eigenvalue weighted by Gasteiger charge is -2.08. The van der Waals surface area contributed by atoms with Crippen LogP contribution in [0, 0.1) is 13.8 Å². The van der Waals surface area contributed by atoms with Crippen LogP contribution in [0.4, 0.5) is 0 Å². The number of fused-ring (bicyclic) bond motifs is 5. The molecule has 0 saturated heterocycles. The summed E-state index contributed by atoms with van der Waals surface area (Å²) in [5, 5.41) is 1.65. The Bertz CT molecular complexity index is 1550. The molecule has 0 aliphatic carbocycles. The second kappa shape index (κ2) is 8.37. The van der Waals surface area contributed by atoms with E-state index in [1.807, 2.05) is 52.9 Å². The number of carbonyl (C=O) groups excluding carboxylic acids is 2. The van der Waals surface area contributed by atoms with E-state index in [4.69, 9.17) is 14.7 Å². The highest BCUT2D eigenvalue weighted by molar-refractivity contribution is 7.99. The second-order valence-electron chi connectivity index (χ2n) is 7.73. The van der Waals surface area contributed by atoms with E-state index in [2.05, 4.69) is 4.98 Å². The topological polar surface area (TPSA) is 89.4 Å². The van der Waals surface area contributed by atoms with Crippen molar-refractivity contribution in [2.45, 2.75) is 25.9 Å². The normalized spacial score (nSPS) is 11.5. The predicted octanol–water partition coefficient (Wildman–Crippen LogP) is 5.13. The summed E-state index contributed by atoms with van der Waals surface area (Å²) < 4.78 is 7.14. The zero-order chi connectivity index (χ0) is 23.1. The third-order valence-corrected chi connectivity index (χ3v) is 6.58. The molecule has 2 aromatic carbocycles. The van der Waals surface area contributed by atoms with E-state index < -0.39 is 5.97 Å². The first kappa shape index (κ1) is 21.2. The molecule has 1 N–H and O–H groups in total. The van der Waals surface area contributed by atoms with E-state index in [-0.39, 0.29) is 18.1 Å². The smallest absolute Gasteiger partial charge is 0.340 e. The third-order valence-electron chi connectivity index (χ3n) is 5.64. The quantitative estimate of drug-likeness (QED) is 0.164. The molecule has 0 fully saturated rings. The van der Waals surface area contributed by atoms with Crippen molar-refractivity contribution in [3.8, 4) is 0 Å². The van der Waals surface area contributed by atoms with Crippen molar-refractivity contribution < 1.29 is 14.3 Å². The highest BCUT2D eigenvalue weighted by atomic mass is 32.2. The summed E-state index contributed by atoms with van der Waals surface area (Å²) >= 11 is 1.36. The Balaban J connectivity index is 1.53. The molecule has 7 nitrogen and oxygen atoms in total. The summed E-state index contributed by atoms with van der Waals surface area (Å²) in [5.41, 5.74) is 5.55. The summed E-state index contributed by atoms with van der Waals surface area (Å²) in [5.74, 6) is -0.363. The Morgan fingerprint density at radius 3 is 2.55 bits per heavy atom. The number of nitrogens with zero attached hydrogens (tertiary/aromatic N) is 3. The van der Waals surface area contributed by atoms with Crippen molar-refractivity contribution in [1.82, 2.24) is 19.4 Å². The van der Waals surface area contributed by atoms with E-state index in [0.29, 0.717) is 27.7 Å². The van der Waals surface area contributed by atoms with Crippen LogP contribution in [0.1, 0.15) is 39.0 Å². The van der Waals surface area contributed by atoms with Gasteiger partial charge in [-0.2, -0.15) is 0 Å². The lowest BCUT2D eigenvalue weighted by Crippen LogP contribution is -2.09. The SMILES string of the molecule is CCOC(=O)c1c(C)[nH]c(C(=O)CSc2nc3ccccc3c3nc4ccccc4n23)c1C. The van der Waals surface area contributed by atoms with E-state index in [1.54, 1.807) is 20.8 Å². The number of ether oxygens (including phenoxy) is 1. The van der Waals surface area contributed by atoms with E-state index in [1.165, 1.54) is 11.8 Å². The summed E-state index contributed by atoms with van der Waals surface area (Å²) in [6.45, 7) is 5.58. The van der Waals surface area contributed by atoms with Gasteiger partial charge in [-0.1, -0.05) is 36.0 Å². The minimum absolute atomic E-state index is 0.108. The number of hydrogen-bond donors (Lipinski definition) is 1. The molecule has 5 aromatic rings. The number of rotatable bonds is 6. The number of imidazole rings is 1. The molecule has 0 unspecified atom stereocenters. The molecule has 8 heteroatoms. The molecule has 0 atom stereocenters. The van der Waals surface area contributed by atoms with E-state index in [9.17, 15) is 9.59 Å². The zero-order valence-corrected chi connectivity index (χ0v) is 19.3. The molecule has 5 rings (SSSR count). The standard InChI is InChI=1S/C25H22N4O3S/c1-4-32-24(31)21-14(2)22(26-15(21)3)20(30)13-33-25-28-17-10-6-5-9-16(17)23-27-18-11-7-8-12-19(18)29(23)25/h5-12,26H,4,13H2,1-3H3. The maximum atomic E-state index is 13.1. The van der Waals surface area contributed by atoms with Crippen LogP contribution in [0.3, 0.4) is 0 Å². The summed E-state index contributed by atoms with van der Waals surface area (Å²) in [6, 6.07) is 15.8. The van der Waals surface area contributed by atoms with Gasteiger partial charge >= 0.3 is 5.97 Å². The van der Waals surface area contributed by atoms with Gasteiger partial charge in [0.25, 0.3) is 0 Å². The fourth-order valence-electron chi connectivity index (χ4n) is 4.15. The molecule has 0 saturated carbocycles. The molecular weight excluding hydrogens is 436 g/mol. The third kappa shape index (κ3) is 3.56. The minimum atomic E-state index is -0.418. The number of hydrogen-bond acceptors (Lipinski definition) is 6. The number of thioether (sulfide) groups is 1. The van der Waals surface area contributed by atoms with Gasteiger partial charge in [0.05, 0.1) is 40.2 Å². The van der Waals surface area contributed by atoms with Crippen molar-refractivity contribution in [3.05, 3.63) is 71.0 Å². The Morgan fingerprint density at radius 1 is 1.03 bits per heavy atom. The van der Waals surface area contributed by atoms with Gasteiger partial charge in [-0.3, -0.25) is 9.20 Å². The molecule has 0 bridgehead atoms. The molecule has 0 aliphatic heterocycles. The van der Waals surface area contributed by atoms with Gasteiger partial charge in [0.15, 0.2) is 10.9 Å². The number of benzene rings is 2. The lowest BCUT2D eigenvalue weighted by molar-refractivity contribution is 0.0525. The van der Waals surface area contributed by atoms with Crippen molar-refractivity contribution in [1.29, 1.82) is 0 Å². The first-order chi connectivity index (χ1) is 16.0. The van der Waals surface area contributed by atoms with Gasteiger partial charge in [0.2, 0.25) is 0 Å². The Hall–Kier alpha value is -3.65. The monoisotopic (exact) mass is 458 g/mol. The Kier molecular flexibility index (Phi) is 5.38. The maximum absolute atomic E-state index is 13.1. The lowest BCUT2D eigenvalue weighted by atomic mass is 10.1. The first-order valence-corrected chi connectivity index (χ1v) is 11.7. The second-order valence-corrected chi connectivity index (χ2v) is 8.67. The largest absolute Gasteiger partial charge is 0.462 e. The van der Waals surface area contributed by atoms with Gasteiger partial charge in [0, 0.05) is 11.1 Å². The summed E-state index contributed by atoms with van der Waals surface area (Å²) in [7, 11) is 0.